The molecule has 1 aromatic heterocycles. The molecule has 0 unspecified atom stereocenters. The summed E-state index contributed by atoms with van der Waals surface area (Å²) in [5, 5.41) is 2.85. The number of hydrogen-bond donors (Lipinski definition) is 1. The second-order valence-corrected chi connectivity index (χ2v) is 7.47. The van der Waals surface area contributed by atoms with Gasteiger partial charge in [0.05, 0.1) is 24.1 Å². The maximum atomic E-state index is 11.9. The van der Waals surface area contributed by atoms with Crippen LogP contribution in [0.4, 0.5) is 0 Å². The number of aryl methyl sites for hydroxylation is 1. The van der Waals surface area contributed by atoms with Gasteiger partial charge < -0.3 is 9.73 Å². The van der Waals surface area contributed by atoms with Crippen molar-refractivity contribution in [3.05, 3.63) is 23.7 Å². The van der Waals surface area contributed by atoms with Crippen molar-refractivity contribution in [3.8, 4) is 0 Å². The lowest BCUT2D eigenvalue weighted by atomic mass is 10.2. The Labute approximate surface area is 119 Å². The van der Waals surface area contributed by atoms with Crippen LogP contribution in [-0.4, -0.2) is 50.4 Å². The first-order valence-electron chi connectivity index (χ1n) is 6.64. The van der Waals surface area contributed by atoms with Crippen LogP contribution < -0.4 is 5.32 Å². The Hall–Kier alpha value is -1.34. The maximum Gasteiger partial charge on any atom is 0.234 e. The number of hydrogen-bond acceptors (Lipinski definition) is 5. The van der Waals surface area contributed by atoms with Crippen LogP contribution in [0.2, 0.25) is 0 Å². The van der Waals surface area contributed by atoms with Crippen molar-refractivity contribution in [3.63, 3.8) is 0 Å². The number of nitrogens with one attached hydrogen (secondary N) is 1. The molecule has 0 bridgehead atoms. The lowest BCUT2D eigenvalue weighted by Gasteiger charge is -2.26. The molecule has 1 aromatic rings. The molecule has 6 nitrogen and oxygen atoms in total. The van der Waals surface area contributed by atoms with Gasteiger partial charge in [0.1, 0.15) is 11.5 Å². The number of carbonyl (C=O) groups excluding carboxylic acids is 1. The van der Waals surface area contributed by atoms with Crippen LogP contribution in [-0.2, 0) is 14.6 Å². The van der Waals surface area contributed by atoms with Gasteiger partial charge in [-0.05, 0) is 26.0 Å². The standard InChI is InChI=1S/C13H20N2O4S/c1-10-3-4-12(19-10)11(2)14-13(16)9-15-5-7-20(17,18)8-6-15/h3-4,11H,5-9H2,1-2H3,(H,14,16)/t11-/m0/s1. The normalized spacial score (nSPS) is 20.5. The van der Waals surface area contributed by atoms with Gasteiger partial charge in [0.15, 0.2) is 9.84 Å². The summed E-state index contributed by atoms with van der Waals surface area (Å²) in [4.78, 5) is 13.8. The van der Waals surface area contributed by atoms with E-state index < -0.39 is 9.84 Å². The van der Waals surface area contributed by atoms with Gasteiger partial charge in [-0.25, -0.2) is 8.42 Å². The SMILES string of the molecule is Cc1ccc([C@H](C)NC(=O)CN2CCS(=O)(=O)CC2)o1. The molecule has 0 aliphatic carbocycles. The van der Waals surface area contributed by atoms with Crippen molar-refractivity contribution >= 4 is 15.7 Å². The quantitative estimate of drug-likeness (QED) is 0.875. The number of sulfone groups is 1. The highest BCUT2D eigenvalue weighted by atomic mass is 32.2. The van der Waals surface area contributed by atoms with Crippen molar-refractivity contribution in [2.45, 2.75) is 19.9 Å². The molecule has 2 rings (SSSR count). The van der Waals surface area contributed by atoms with E-state index in [1.165, 1.54) is 0 Å². The molecule has 1 aliphatic heterocycles. The van der Waals surface area contributed by atoms with Crippen molar-refractivity contribution in [1.82, 2.24) is 10.2 Å². The van der Waals surface area contributed by atoms with E-state index in [0.717, 1.165) is 11.5 Å². The fourth-order valence-electron chi connectivity index (χ4n) is 2.16. The van der Waals surface area contributed by atoms with Crippen LogP contribution in [0.3, 0.4) is 0 Å². The fraction of sp³-hybridized carbons (Fsp3) is 0.615. The average Bonchev–Trinajstić information content (AvgIpc) is 2.79. The molecule has 0 saturated carbocycles. The lowest BCUT2D eigenvalue weighted by molar-refractivity contribution is -0.123. The first-order chi connectivity index (χ1) is 9.35. The highest BCUT2D eigenvalue weighted by Gasteiger charge is 2.23. The summed E-state index contributed by atoms with van der Waals surface area (Å²) in [5.74, 6) is 1.67. The predicted octanol–water partition coefficient (Wildman–Crippen LogP) is 0.496. The van der Waals surface area contributed by atoms with Gasteiger partial charge in [-0.1, -0.05) is 0 Å². The van der Waals surface area contributed by atoms with E-state index in [1.807, 2.05) is 30.9 Å². The summed E-state index contributed by atoms with van der Waals surface area (Å²) in [7, 11) is -2.90. The van der Waals surface area contributed by atoms with Gasteiger partial charge >= 0.3 is 0 Å². The lowest BCUT2D eigenvalue weighted by Crippen LogP contribution is -2.45. The summed E-state index contributed by atoms with van der Waals surface area (Å²) in [6.07, 6.45) is 0. The van der Waals surface area contributed by atoms with E-state index in [2.05, 4.69) is 5.32 Å². The van der Waals surface area contributed by atoms with Gasteiger partial charge in [0, 0.05) is 13.1 Å². The van der Waals surface area contributed by atoms with E-state index in [9.17, 15) is 13.2 Å². The summed E-state index contributed by atoms with van der Waals surface area (Å²) in [6.45, 7) is 4.77. The van der Waals surface area contributed by atoms with Crippen molar-refractivity contribution in [1.29, 1.82) is 0 Å². The molecule has 1 N–H and O–H groups in total. The largest absolute Gasteiger partial charge is 0.464 e. The minimum Gasteiger partial charge on any atom is -0.464 e. The number of carbonyl (C=O) groups is 1. The Morgan fingerprint density at radius 3 is 2.60 bits per heavy atom. The molecule has 1 amide bonds. The predicted molar refractivity (Wildman–Crippen MR) is 75.1 cm³/mol. The molecular weight excluding hydrogens is 280 g/mol. The number of nitrogens with zero attached hydrogens (tertiary/aromatic N) is 1. The molecule has 1 fully saturated rings. The second-order valence-electron chi connectivity index (χ2n) is 5.17. The maximum absolute atomic E-state index is 11.9. The molecule has 112 valence electrons. The van der Waals surface area contributed by atoms with E-state index in [1.54, 1.807) is 0 Å². The van der Waals surface area contributed by atoms with Crippen molar-refractivity contribution in [2.75, 3.05) is 31.1 Å². The Kier molecular flexibility index (Phi) is 4.49. The second kappa shape index (κ2) is 5.97. The molecule has 7 heteroatoms. The smallest absolute Gasteiger partial charge is 0.234 e. The van der Waals surface area contributed by atoms with Gasteiger partial charge in [-0.3, -0.25) is 9.69 Å². The highest BCUT2D eigenvalue weighted by Crippen LogP contribution is 2.15. The van der Waals surface area contributed by atoms with E-state index in [0.29, 0.717) is 13.1 Å². The molecule has 20 heavy (non-hydrogen) atoms. The summed E-state index contributed by atoms with van der Waals surface area (Å²) < 4.78 is 28.1. The summed E-state index contributed by atoms with van der Waals surface area (Å²) >= 11 is 0. The van der Waals surface area contributed by atoms with Crippen molar-refractivity contribution in [2.24, 2.45) is 0 Å². The molecule has 0 spiro atoms. The first kappa shape index (κ1) is 15.1. The minimum absolute atomic E-state index is 0.120. The third-order valence-corrected chi connectivity index (χ3v) is 4.98. The third kappa shape index (κ3) is 4.08. The van der Waals surface area contributed by atoms with Gasteiger partial charge in [-0.15, -0.1) is 0 Å². The van der Waals surface area contributed by atoms with Crippen molar-refractivity contribution < 1.29 is 17.6 Å². The third-order valence-electron chi connectivity index (χ3n) is 3.37. The number of amides is 1. The highest BCUT2D eigenvalue weighted by molar-refractivity contribution is 7.91. The van der Waals surface area contributed by atoms with Crippen LogP contribution in [0, 0.1) is 6.92 Å². The fourth-order valence-corrected chi connectivity index (χ4v) is 3.43. The molecule has 1 aliphatic rings. The molecular formula is C13H20N2O4S. The van der Waals surface area contributed by atoms with Gasteiger partial charge in [0.2, 0.25) is 5.91 Å². The molecule has 0 aromatic carbocycles. The Balaban J connectivity index is 1.81. The number of rotatable bonds is 4. The summed E-state index contributed by atoms with van der Waals surface area (Å²) in [6, 6.07) is 3.51. The molecule has 1 atom stereocenters. The van der Waals surface area contributed by atoms with Gasteiger partial charge in [0.25, 0.3) is 0 Å². The van der Waals surface area contributed by atoms with Crippen LogP contribution in [0.1, 0.15) is 24.5 Å². The molecule has 1 saturated heterocycles. The monoisotopic (exact) mass is 300 g/mol. The van der Waals surface area contributed by atoms with E-state index in [-0.39, 0.29) is 30.0 Å². The van der Waals surface area contributed by atoms with Gasteiger partial charge in [-0.2, -0.15) is 0 Å². The zero-order valence-electron chi connectivity index (χ0n) is 11.8. The Bertz CT molecular complexity index is 565. The first-order valence-corrected chi connectivity index (χ1v) is 8.46. The van der Waals surface area contributed by atoms with Crippen LogP contribution in [0.25, 0.3) is 0 Å². The average molecular weight is 300 g/mol. The Morgan fingerprint density at radius 2 is 2.05 bits per heavy atom. The zero-order valence-corrected chi connectivity index (χ0v) is 12.6. The Morgan fingerprint density at radius 1 is 1.40 bits per heavy atom. The summed E-state index contributed by atoms with van der Waals surface area (Å²) in [5.41, 5.74) is 0. The molecule has 0 radical (unpaired) electrons. The zero-order chi connectivity index (χ0) is 14.8. The van der Waals surface area contributed by atoms with E-state index >= 15 is 0 Å². The van der Waals surface area contributed by atoms with Crippen LogP contribution >= 0.6 is 0 Å². The number of furan rings is 1. The minimum atomic E-state index is -2.90. The van der Waals surface area contributed by atoms with Crippen LogP contribution in [0.15, 0.2) is 16.5 Å². The molecule has 2 heterocycles. The van der Waals surface area contributed by atoms with E-state index in [4.69, 9.17) is 4.42 Å². The topological polar surface area (TPSA) is 79.6 Å². The van der Waals surface area contributed by atoms with Crippen LogP contribution in [0.5, 0.6) is 0 Å².